The molecular formula is C23H20ClN3O2. The quantitative estimate of drug-likeness (QED) is 0.478. The number of nitrogens with zero attached hydrogens (tertiary/aromatic N) is 2. The number of benzene rings is 3. The zero-order chi connectivity index (χ0) is 20.2. The molecule has 1 aromatic heterocycles. The van der Waals surface area contributed by atoms with Crippen LogP contribution in [-0.2, 0) is 17.9 Å². The Morgan fingerprint density at radius 3 is 2.62 bits per heavy atom. The van der Waals surface area contributed by atoms with Crippen LogP contribution in [0.4, 0.5) is 5.69 Å². The van der Waals surface area contributed by atoms with Gasteiger partial charge in [-0.15, -0.1) is 0 Å². The normalized spacial score (nSPS) is 10.8. The minimum absolute atomic E-state index is 0.122. The molecule has 1 heterocycles. The number of hydrogen-bond donors (Lipinski definition) is 1. The maximum Gasteiger partial charge on any atom is 0.244 e. The molecule has 0 radical (unpaired) electrons. The molecule has 0 aliphatic carbocycles. The minimum Gasteiger partial charge on any atom is -0.486 e. The molecule has 0 spiro atoms. The molecule has 4 rings (SSSR count). The van der Waals surface area contributed by atoms with Crippen LogP contribution in [0.2, 0.25) is 5.02 Å². The van der Waals surface area contributed by atoms with Crippen molar-refractivity contribution in [2.24, 2.45) is 0 Å². The molecule has 4 aromatic rings. The van der Waals surface area contributed by atoms with Gasteiger partial charge in [-0.25, -0.2) is 4.98 Å². The Hall–Kier alpha value is -3.31. The average molecular weight is 406 g/mol. The van der Waals surface area contributed by atoms with Crippen LogP contribution in [0.25, 0.3) is 11.0 Å². The number of imidazole rings is 1. The number of carbonyl (C=O) groups excluding carboxylic acids is 1. The highest BCUT2D eigenvalue weighted by atomic mass is 35.5. The topological polar surface area (TPSA) is 56.2 Å². The molecule has 5 nitrogen and oxygen atoms in total. The predicted octanol–water partition coefficient (Wildman–Crippen LogP) is 5.22. The zero-order valence-corrected chi connectivity index (χ0v) is 16.7. The van der Waals surface area contributed by atoms with E-state index in [9.17, 15) is 4.79 Å². The summed E-state index contributed by atoms with van der Waals surface area (Å²) < 4.78 is 7.81. The fourth-order valence-electron chi connectivity index (χ4n) is 3.13. The van der Waals surface area contributed by atoms with E-state index in [1.165, 1.54) is 0 Å². The molecular weight excluding hydrogens is 386 g/mol. The van der Waals surface area contributed by atoms with E-state index in [0.717, 1.165) is 22.3 Å². The highest BCUT2D eigenvalue weighted by molar-refractivity contribution is 6.31. The second-order valence-electron chi connectivity index (χ2n) is 6.72. The van der Waals surface area contributed by atoms with Crippen LogP contribution in [0.5, 0.6) is 5.75 Å². The number of nitrogens with one attached hydrogen (secondary N) is 1. The lowest BCUT2D eigenvalue weighted by atomic mass is 10.2. The van der Waals surface area contributed by atoms with Gasteiger partial charge in [-0.3, -0.25) is 4.79 Å². The van der Waals surface area contributed by atoms with Gasteiger partial charge in [0, 0.05) is 10.7 Å². The van der Waals surface area contributed by atoms with E-state index < -0.39 is 0 Å². The van der Waals surface area contributed by atoms with Crippen LogP contribution in [0.15, 0.2) is 72.8 Å². The summed E-state index contributed by atoms with van der Waals surface area (Å²) in [4.78, 5) is 17.3. The summed E-state index contributed by atoms with van der Waals surface area (Å²) in [5.41, 5.74) is 3.42. The maximum absolute atomic E-state index is 12.6. The fraction of sp³-hybridized carbons (Fsp3) is 0.130. The van der Waals surface area contributed by atoms with Crippen LogP contribution in [-0.4, -0.2) is 15.5 Å². The summed E-state index contributed by atoms with van der Waals surface area (Å²) in [7, 11) is 0. The van der Waals surface area contributed by atoms with Gasteiger partial charge in [-0.05, 0) is 55.0 Å². The van der Waals surface area contributed by atoms with Crippen molar-refractivity contribution >= 4 is 34.2 Å². The van der Waals surface area contributed by atoms with Crippen molar-refractivity contribution in [2.45, 2.75) is 20.1 Å². The number of para-hydroxylation sites is 3. The smallest absolute Gasteiger partial charge is 0.244 e. The molecule has 3 aromatic carbocycles. The van der Waals surface area contributed by atoms with Crippen molar-refractivity contribution < 1.29 is 9.53 Å². The Balaban J connectivity index is 1.56. The lowest BCUT2D eigenvalue weighted by molar-refractivity contribution is -0.116. The van der Waals surface area contributed by atoms with Gasteiger partial charge in [0.1, 0.15) is 24.7 Å². The summed E-state index contributed by atoms with van der Waals surface area (Å²) in [5.74, 6) is 1.27. The first-order chi connectivity index (χ1) is 14.1. The number of aryl methyl sites for hydroxylation is 1. The molecule has 0 aliphatic heterocycles. The molecule has 0 saturated carbocycles. The molecule has 29 heavy (non-hydrogen) atoms. The van der Waals surface area contributed by atoms with Crippen LogP contribution in [0, 0.1) is 6.92 Å². The van der Waals surface area contributed by atoms with Gasteiger partial charge in [-0.2, -0.15) is 0 Å². The minimum atomic E-state index is -0.122. The van der Waals surface area contributed by atoms with Crippen molar-refractivity contribution in [3.05, 3.63) is 89.2 Å². The summed E-state index contributed by atoms with van der Waals surface area (Å²) in [6.45, 7) is 2.32. The Morgan fingerprint density at radius 2 is 1.83 bits per heavy atom. The van der Waals surface area contributed by atoms with Crippen molar-refractivity contribution in [1.82, 2.24) is 9.55 Å². The van der Waals surface area contributed by atoms with Gasteiger partial charge in [-0.1, -0.05) is 41.9 Å². The van der Waals surface area contributed by atoms with E-state index >= 15 is 0 Å². The fourth-order valence-corrected chi connectivity index (χ4v) is 3.25. The molecule has 146 valence electrons. The van der Waals surface area contributed by atoms with Gasteiger partial charge in [0.25, 0.3) is 0 Å². The van der Waals surface area contributed by atoms with Crippen LogP contribution in [0.3, 0.4) is 0 Å². The molecule has 1 N–H and O–H groups in total. The Morgan fingerprint density at radius 1 is 1.07 bits per heavy atom. The van der Waals surface area contributed by atoms with Crippen molar-refractivity contribution in [3.63, 3.8) is 0 Å². The van der Waals surface area contributed by atoms with E-state index in [-0.39, 0.29) is 19.1 Å². The Kier molecular flexibility index (Phi) is 5.49. The molecule has 0 aliphatic rings. The lowest BCUT2D eigenvalue weighted by Crippen LogP contribution is -2.20. The van der Waals surface area contributed by atoms with Crippen molar-refractivity contribution in [3.8, 4) is 5.75 Å². The molecule has 0 atom stereocenters. The monoisotopic (exact) mass is 405 g/mol. The first-order valence-electron chi connectivity index (χ1n) is 9.28. The van der Waals surface area contributed by atoms with Gasteiger partial charge < -0.3 is 14.6 Å². The van der Waals surface area contributed by atoms with E-state index in [1.807, 2.05) is 84.3 Å². The van der Waals surface area contributed by atoms with Gasteiger partial charge >= 0.3 is 0 Å². The standard InChI is InChI=1S/C23H20ClN3O2/c1-16-13-18(11-12-19(16)24)29-15-22-26-20-9-5-6-10-21(20)27(22)14-23(28)25-17-7-3-2-4-8-17/h2-13H,14-15H2,1H3,(H,25,28). The molecule has 0 bridgehead atoms. The molecule has 0 fully saturated rings. The number of ether oxygens (including phenoxy) is 1. The SMILES string of the molecule is Cc1cc(OCc2nc3ccccc3n2CC(=O)Nc2ccccc2)ccc1Cl. The highest BCUT2D eigenvalue weighted by Gasteiger charge is 2.14. The summed E-state index contributed by atoms with van der Waals surface area (Å²) in [6, 6.07) is 22.7. The third-order valence-electron chi connectivity index (χ3n) is 4.59. The Bertz CT molecular complexity index is 1160. The predicted molar refractivity (Wildman–Crippen MR) is 115 cm³/mol. The van der Waals surface area contributed by atoms with Crippen LogP contribution >= 0.6 is 11.6 Å². The number of anilines is 1. The number of rotatable bonds is 6. The summed E-state index contributed by atoms with van der Waals surface area (Å²) >= 11 is 6.08. The molecule has 0 saturated heterocycles. The second kappa shape index (κ2) is 8.37. The molecule has 0 unspecified atom stereocenters. The number of halogens is 1. The molecule has 6 heteroatoms. The Labute approximate surface area is 173 Å². The highest BCUT2D eigenvalue weighted by Crippen LogP contribution is 2.23. The van der Waals surface area contributed by atoms with Gasteiger partial charge in [0.2, 0.25) is 5.91 Å². The van der Waals surface area contributed by atoms with E-state index in [4.69, 9.17) is 16.3 Å². The first kappa shape index (κ1) is 19.0. The van der Waals surface area contributed by atoms with E-state index in [2.05, 4.69) is 10.3 Å². The van der Waals surface area contributed by atoms with E-state index in [0.29, 0.717) is 16.6 Å². The average Bonchev–Trinajstić information content (AvgIpc) is 3.07. The maximum atomic E-state index is 12.6. The number of fused-ring (bicyclic) bond motifs is 1. The summed E-state index contributed by atoms with van der Waals surface area (Å²) in [6.07, 6.45) is 0. The zero-order valence-electron chi connectivity index (χ0n) is 15.9. The van der Waals surface area contributed by atoms with Crippen LogP contribution in [0.1, 0.15) is 11.4 Å². The number of amides is 1. The largest absolute Gasteiger partial charge is 0.486 e. The van der Waals surface area contributed by atoms with Crippen molar-refractivity contribution in [2.75, 3.05) is 5.32 Å². The lowest BCUT2D eigenvalue weighted by Gasteiger charge is -2.11. The first-order valence-corrected chi connectivity index (χ1v) is 9.66. The van der Waals surface area contributed by atoms with Gasteiger partial charge in [0.05, 0.1) is 11.0 Å². The summed E-state index contributed by atoms with van der Waals surface area (Å²) in [5, 5.41) is 3.61. The number of carbonyl (C=O) groups is 1. The number of aromatic nitrogens is 2. The number of hydrogen-bond acceptors (Lipinski definition) is 3. The third-order valence-corrected chi connectivity index (χ3v) is 5.01. The van der Waals surface area contributed by atoms with Crippen molar-refractivity contribution in [1.29, 1.82) is 0 Å². The van der Waals surface area contributed by atoms with Gasteiger partial charge in [0.15, 0.2) is 0 Å². The van der Waals surface area contributed by atoms with E-state index in [1.54, 1.807) is 0 Å². The molecule has 1 amide bonds. The second-order valence-corrected chi connectivity index (χ2v) is 7.12. The van der Waals surface area contributed by atoms with Crippen LogP contribution < -0.4 is 10.1 Å². The third kappa shape index (κ3) is 4.41.